The number of nitrogens with zero attached hydrogens (tertiary/aromatic N) is 3. The highest BCUT2D eigenvalue weighted by molar-refractivity contribution is 8.00. The number of rotatable bonds is 6. The summed E-state index contributed by atoms with van der Waals surface area (Å²) in [6, 6.07) is 12.1. The van der Waals surface area contributed by atoms with Crippen LogP contribution < -0.4 is 5.32 Å². The van der Waals surface area contributed by atoms with Crippen LogP contribution in [0.2, 0.25) is 0 Å². The van der Waals surface area contributed by atoms with Gasteiger partial charge in [-0.15, -0.1) is 21.5 Å². The Morgan fingerprint density at radius 2 is 1.96 bits per heavy atom. The van der Waals surface area contributed by atoms with Crippen molar-refractivity contribution in [3.05, 3.63) is 53.2 Å². The molecule has 3 aromatic heterocycles. The molecule has 0 unspecified atom stereocenters. The number of hydrogen-bond acceptors (Lipinski definition) is 5. The molecule has 0 fully saturated rings. The van der Waals surface area contributed by atoms with Crippen molar-refractivity contribution in [1.29, 1.82) is 0 Å². The average molecular weight is 411 g/mol. The van der Waals surface area contributed by atoms with Gasteiger partial charge in [-0.3, -0.25) is 9.20 Å². The summed E-state index contributed by atoms with van der Waals surface area (Å²) in [7, 11) is 0. The van der Waals surface area contributed by atoms with Gasteiger partial charge in [-0.25, -0.2) is 0 Å². The molecule has 1 atom stereocenters. The number of thioether (sulfide) groups is 1. The first kappa shape index (κ1) is 19.0. The highest BCUT2D eigenvalue weighted by atomic mass is 32.2. The van der Waals surface area contributed by atoms with E-state index in [1.54, 1.807) is 11.3 Å². The number of fused-ring (bicyclic) bond motifs is 3. The SMILES string of the molecule is CCc1nnc(S[C@@H](CC)C(=O)Nc2ccc(C)cc2)c2cc3sccc3n12. The van der Waals surface area contributed by atoms with Crippen molar-refractivity contribution in [2.75, 3.05) is 5.32 Å². The van der Waals surface area contributed by atoms with Gasteiger partial charge in [-0.05, 0) is 43.0 Å². The van der Waals surface area contributed by atoms with Gasteiger partial charge in [0, 0.05) is 12.1 Å². The van der Waals surface area contributed by atoms with Crippen molar-refractivity contribution in [3.8, 4) is 0 Å². The lowest BCUT2D eigenvalue weighted by atomic mass is 10.2. The molecule has 1 N–H and O–H groups in total. The van der Waals surface area contributed by atoms with Gasteiger partial charge in [-0.1, -0.05) is 43.3 Å². The van der Waals surface area contributed by atoms with Gasteiger partial charge in [-0.2, -0.15) is 0 Å². The second-order valence-electron chi connectivity index (χ2n) is 6.68. The highest BCUT2D eigenvalue weighted by Gasteiger charge is 2.22. The molecule has 28 heavy (non-hydrogen) atoms. The number of thiophene rings is 1. The molecule has 0 bridgehead atoms. The smallest absolute Gasteiger partial charge is 0.237 e. The fraction of sp³-hybridized carbons (Fsp3) is 0.286. The number of aromatic nitrogens is 3. The zero-order valence-electron chi connectivity index (χ0n) is 16.1. The van der Waals surface area contributed by atoms with Crippen molar-refractivity contribution in [1.82, 2.24) is 14.6 Å². The minimum Gasteiger partial charge on any atom is -0.325 e. The van der Waals surface area contributed by atoms with Crippen molar-refractivity contribution >= 4 is 50.4 Å². The summed E-state index contributed by atoms with van der Waals surface area (Å²) in [6.07, 6.45) is 1.51. The topological polar surface area (TPSA) is 59.3 Å². The van der Waals surface area contributed by atoms with Crippen LogP contribution in [-0.2, 0) is 11.2 Å². The molecule has 4 aromatic rings. The van der Waals surface area contributed by atoms with Gasteiger partial charge in [0.1, 0.15) is 10.9 Å². The zero-order valence-corrected chi connectivity index (χ0v) is 17.7. The highest BCUT2D eigenvalue weighted by Crippen LogP contribution is 2.33. The first-order valence-corrected chi connectivity index (χ1v) is 11.1. The van der Waals surface area contributed by atoms with Crippen LogP contribution >= 0.6 is 23.1 Å². The lowest BCUT2D eigenvalue weighted by molar-refractivity contribution is -0.115. The lowest BCUT2D eigenvalue weighted by Crippen LogP contribution is -2.24. The van der Waals surface area contributed by atoms with E-state index in [1.165, 1.54) is 22.0 Å². The molecule has 4 rings (SSSR count). The van der Waals surface area contributed by atoms with E-state index in [4.69, 9.17) is 0 Å². The van der Waals surface area contributed by atoms with E-state index in [9.17, 15) is 4.79 Å². The molecular weight excluding hydrogens is 388 g/mol. The molecule has 1 aromatic carbocycles. The summed E-state index contributed by atoms with van der Waals surface area (Å²) < 4.78 is 3.38. The molecule has 0 saturated carbocycles. The molecule has 5 nitrogen and oxygen atoms in total. The van der Waals surface area contributed by atoms with Crippen LogP contribution in [-0.4, -0.2) is 25.8 Å². The van der Waals surface area contributed by atoms with Crippen LogP contribution in [0.4, 0.5) is 5.69 Å². The number of amides is 1. The van der Waals surface area contributed by atoms with Crippen LogP contribution in [0.5, 0.6) is 0 Å². The number of aryl methyl sites for hydroxylation is 2. The van der Waals surface area contributed by atoms with Crippen molar-refractivity contribution in [2.24, 2.45) is 0 Å². The molecular formula is C21H22N4OS2. The van der Waals surface area contributed by atoms with E-state index in [0.717, 1.165) is 34.0 Å². The summed E-state index contributed by atoms with van der Waals surface area (Å²) >= 11 is 3.19. The number of carbonyl (C=O) groups is 1. The molecule has 0 saturated heterocycles. The fourth-order valence-electron chi connectivity index (χ4n) is 3.19. The maximum Gasteiger partial charge on any atom is 0.237 e. The largest absolute Gasteiger partial charge is 0.325 e. The molecule has 1 amide bonds. The number of hydrogen-bond donors (Lipinski definition) is 1. The maximum atomic E-state index is 12.8. The number of anilines is 1. The first-order chi connectivity index (χ1) is 13.6. The monoisotopic (exact) mass is 410 g/mol. The predicted octanol–water partition coefficient (Wildman–Crippen LogP) is 5.32. The first-order valence-electron chi connectivity index (χ1n) is 9.39. The summed E-state index contributed by atoms with van der Waals surface area (Å²) in [6.45, 7) is 6.13. The Kier molecular flexibility index (Phi) is 5.37. The molecule has 7 heteroatoms. The van der Waals surface area contributed by atoms with Gasteiger partial charge in [0.05, 0.1) is 21.0 Å². The molecule has 3 heterocycles. The van der Waals surface area contributed by atoms with Crippen molar-refractivity contribution in [2.45, 2.75) is 43.9 Å². The molecule has 0 aliphatic carbocycles. The van der Waals surface area contributed by atoms with E-state index in [0.29, 0.717) is 6.42 Å². The standard InChI is InChI=1S/C21H22N4OS2/c1-4-17(20(26)22-14-8-6-13(3)7-9-14)28-21-16-12-18-15(10-11-27-18)25(16)19(5-2)23-24-21/h6-12,17H,4-5H2,1-3H3,(H,22,26)/t17-/m0/s1. The van der Waals surface area contributed by atoms with Crippen LogP contribution in [0.1, 0.15) is 31.7 Å². The van der Waals surface area contributed by atoms with E-state index < -0.39 is 0 Å². The lowest BCUT2D eigenvalue weighted by Gasteiger charge is -2.15. The van der Waals surface area contributed by atoms with Crippen LogP contribution in [0.3, 0.4) is 0 Å². The van der Waals surface area contributed by atoms with E-state index >= 15 is 0 Å². The molecule has 0 radical (unpaired) electrons. The number of benzene rings is 1. The molecule has 0 aliphatic rings. The van der Waals surface area contributed by atoms with E-state index in [-0.39, 0.29) is 11.2 Å². The number of nitrogens with one attached hydrogen (secondary N) is 1. The fourth-order valence-corrected chi connectivity index (χ4v) is 4.95. The second-order valence-corrected chi connectivity index (χ2v) is 8.82. The minimum absolute atomic E-state index is 0.00996. The average Bonchev–Trinajstić information content (AvgIpc) is 3.29. The maximum absolute atomic E-state index is 12.8. The Labute approximate surface area is 172 Å². The predicted molar refractivity (Wildman–Crippen MR) is 117 cm³/mol. The Balaban J connectivity index is 1.63. The van der Waals surface area contributed by atoms with Gasteiger partial charge in [0.25, 0.3) is 0 Å². The van der Waals surface area contributed by atoms with Crippen LogP contribution in [0.25, 0.3) is 15.7 Å². The van der Waals surface area contributed by atoms with Gasteiger partial charge >= 0.3 is 0 Å². The van der Waals surface area contributed by atoms with E-state index in [1.807, 2.05) is 38.1 Å². The Morgan fingerprint density at radius 3 is 2.68 bits per heavy atom. The van der Waals surface area contributed by atoms with Gasteiger partial charge < -0.3 is 5.32 Å². The third-order valence-corrected chi connectivity index (χ3v) is 6.91. The third-order valence-electron chi connectivity index (χ3n) is 4.71. The summed E-state index contributed by atoms with van der Waals surface area (Å²) in [5.74, 6) is 0.925. The van der Waals surface area contributed by atoms with Crippen LogP contribution in [0, 0.1) is 6.92 Å². The third kappa shape index (κ3) is 3.52. The summed E-state index contributed by atoms with van der Waals surface area (Å²) in [5, 5.41) is 14.6. The molecule has 0 spiro atoms. The normalized spacial score (nSPS) is 12.5. The second kappa shape index (κ2) is 7.93. The van der Waals surface area contributed by atoms with Crippen LogP contribution in [0.15, 0.2) is 46.8 Å². The van der Waals surface area contributed by atoms with Crippen molar-refractivity contribution < 1.29 is 4.79 Å². The Hall–Kier alpha value is -2.38. The van der Waals surface area contributed by atoms with E-state index in [2.05, 4.69) is 44.4 Å². The quantitative estimate of drug-likeness (QED) is 0.437. The summed E-state index contributed by atoms with van der Waals surface area (Å²) in [5.41, 5.74) is 4.17. The van der Waals surface area contributed by atoms with Gasteiger partial charge in [0.15, 0.2) is 0 Å². The Morgan fingerprint density at radius 1 is 1.18 bits per heavy atom. The number of carbonyl (C=O) groups excluding carboxylic acids is 1. The summed E-state index contributed by atoms with van der Waals surface area (Å²) in [4.78, 5) is 12.8. The zero-order chi connectivity index (χ0) is 19.7. The molecule has 144 valence electrons. The minimum atomic E-state index is -0.236. The molecule has 0 aliphatic heterocycles. The van der Waals surface area contributed by atoms with Crippen molar-refractivity contribution in [3.63, 3.8) is 0 Å². The Bertz CT molecular complexity index is 1130. The van der Waals surface area contributed by atoms with Gasteiger partial charge in [0.2, 0.25) is 5.91 Å².